The van der Waals surface area contributed by atoms with Crippen molar-refractivity contribution < 1.29 is 9.47 Å². The van der Waals surface area contributed by atoms with Gasteiger partial charge >= 0.3 is 0 Å². The highest BCUT2D eigenvalue weighted by atomic mass is 32.2. The van der Waals surface area contributed by atoms with Crippen LogP contribution in [0, 0.1) is 5.92 Å². The normalized spacial score (nSPS) is 24.8. The Balaban J connectivity index is 1.75. The van der Waals surface area contributed by atoms with Crippen molar-refractivity contribution in [2.45, 2.75) is 31.0 Å². The van der Waals surface area contributed by atoms with Crippen LogP contribution in [-0.4, -0.2) is 25.3 Å². The van der Waals surface area contributed by atoms with Gasteiger partial charge in [-0.15, -0.1) is 11.8 Å². The molecule has 1 aromatic carbocycles. The van der Waals surface area contributed by atoms with E-state index in [-0.39, 0.29) is 6.29 Å². The Labute approximate surface area is 108 Å². The third-order valence-corrected chi connectivity index (χ3v) is 4.18. The van der Waals surface area contributed by atoms with Crippen LogP contribution in [-0.2, 0) is 9.47 Å². The predicted octanol–water partition coefficient (Wildman–Crippen LogP) is 3.57. The lowest BCUT2D eigenvalue weighted by Crippen LogP contribution is -2.29. The molecule has 3 heteroatoms. The number of benzene rings is 1. The second-order valence-corrected chi connectivity index (χ2v) is 5.36. The van der Waals surface area contributed by atoms with Gasteiger partial charge in [-0.3, -0.25) is 0 Å². The second-order valence-electron chi connectivity index (χ2n) is 4.27. The first-order valence-corrected chi connectivity index (χ1v) is 7.28. The van der Waals surface area contributed by atoms with E-state index in [4.69, 9.17) is 9.47 Å². The van der Waals surface area contributed by atoms with E-state index in [1.807, 2.05) is 18.7 Å². The van der Waals surface area contributed by atoms with Gasteiger partial charge in [0, 0.05) is 23.7 Å². The SMILES string of the molecule is CCOC1C[C@H](CSc2ccccc2)CCO1. The highest BCUT2D eigenvalue weighted by Crippen LogP contribution is 2.28. The van der Waals surface area contributed by atoms with Crippen LogP contribution in [0.25, 0.3) is 0 Å². The summed E-state index contributed by atoms with van der Waals surface area (Å²) in [4.78, 5) is 1.35. The Hall–Kier alpha value is -0.510. The summed E-state index contributed by atoms with van der Waals surface area (Å²) in [5, 5.41) is 0. The second kappa shape index (κ2) is 7.04. The zero-order valence-corrected chi connectivity index (χ0v) is 11.1. The third-order valence-electron chi connectivity index (χ3n) is 2.94. The van der Waals surface area contributed by atoms with Gasteiger partial charge in [-0.05, 0) is 31.4 Å². The van der Waals surface area contributed by atoms with Crippen molar-refractivity contribution in [3.63, 3.8) is 0 Å². The molecular weight excluding hydrogens is 232 g/mol. The molecule has 1 fully saturated rings. The van der Waals surface area contributed by atoms with E-state index in [1.165, 1.54) is 4.90 Å². The van der Waals surface area contributed by atoms with Crippen LogP contribution in [0.3, 0.4) is 0 Å². The highest BCUT2D eigenvalue weighted by Gasteiger charge is 2.22. The minimum Gasteiger partial charge on any atom is -0.353 e. The van der Waals surface area contributed by atoms with Gasteiger partial charge < -0.3 is 9.47 Å². The molecular formula is C14H20O2S. The number of hydrogen-bond donors (Lipinski definition) is 0. The first-order valence-electron chi connectivity index (χ1n) is 6.29. The van der Waals surface area contributed by atoms with E-state index >= 15 is 0 Å². The molecule has 0 N–H and O–H groups in total. The summed E-state index contributed by atoms with van der Waals surface area (Å²) in [7, 11) is 0. The first-order chi connectivity index (χ1) is 8.38. The summed E-state index contributed by atoms with van der Waals surface area (Å²) in [6.45, 7) is 3.60. The van der Waals surface area contributed by atoms with Crippen molar-refractivity contribution >= 4 is 11.8 Å². The number of hydrogen-bond acceptors (Lipinski definition) is 3. The third kappa shape index (κ3) is 4.34. The van der Waals surface area contributed by atoms with E-state index in [1.54, 1.807) is 0 Å². The molecule has 0 spiro atoms. The standard InChI is InChI=1S/C14H20O2S/c1-2-15-14-10-12(8-9-16-14)11-17-13-6-4-3-5-7-13/h3-7,12,14H,2,8-11H2,1H3/t12-,14?/m1/s1. The fourth-order valence-corrected chi connectivity index (χ4v) is 3.09. The lowest BCUT2D eigenvalue weighted by Gasteiger charge is -2.28. The Bertz CT molecular complexity index is 313. The molecule has 1 saturated heterocycles. The van der Waals surface area contributed by atoms with Crippen molar-refractivity contribution in [3.8, 4) is 0 Å². The molecule has 1 unspecified atom stereocenters. The lowest BCUT2D eigenvalue weighted by molar-refractivity contribution is -0.169. The average molecular weight is 252 g/mol. The van der Waals surface area contributed by atoms with Gasteiger partial charge in [0.25, 0.3) is 0 Å². The Morgan fingerprint density at radius 2 is 2.18 bits per heavy atom. The van der Waals surface area contributed by atoms with Gasteiger partial charge in [-0.25, -0.2) is 0 Å². The van der Waals surface area contributed by atoms with Crippen LogP contribution in [0.2, 0.25) is 0 Å². The fourth-order valence-electron chi connectivity index (χ4n) is 2.01. The van der Waals surface area contributed by atoms with Gasteiger partial charge in [0.2, 0.25) is 0 Å². The quantitative estimate of drug-likeness (QED) is 0.746. The molecule has 2 nitrogen and oxygen atoms in total. The van der Waals surface area contributed by atoms with Crippen molar-refractivity contribution in [2.24, 2.45) is 5.92 Å². The van der Waals surface area contributed by atoms with E-state index in [0.29, 0.717) is 5.92 Å². The summed E-state index contributed by atoms with van der Waals surface area (Å²) in [5.41, 5.74) is 0. The summed E-state index contributed by atoms with van der Waals surface area (Å²) in [5.74, 6) is 1.88. The van der Waals surface area contributed by atoms with Gasteiger partial charge in [0.1, 0.15) is 0 Å². The topological polar surface area (TPSA) is 18.5 Å². The fraction of sp³-hybridized carbons (Fsp3) is 0.571. The lowest BCUT2D eigenvalue weighted by atomic mass is 10.0. The van der Waals surface area contributed by atoms with Crippen LogP contribution in [0.5, 0.6) is 0 Å². The molecule has 0 aromatic heterocycles. The molecule has 2 rings (SSSR count). The summed E-state index contributed by atoms with van der Waals surface area (Å²) < 4.78 is 11.1. The van der Waals surface area contributed by atoms with Gasteiger partial charge in [0.15, 0.2) is 6.29 Å². The summed E-state index contributed by atoms with van der Waals surface area (Å²) in [6.07, 6.45) is 2.21. The molecule has 1 aromatic rings. The summed E-state index contributed by atoms with van der Waals surface area (Å²) >= 11 is 1.94. The largest absolute Gasteiger partial charge is 0.353 e. The van der Waals surface area contributed by atoms with Gasteiger partial charge in [0.05, 0.1) is 6.61 Å². The predicted molar refractivity (Wildman–Crippen MR) is 71.3 cm³/mol. The number of thioether (sulfide) groups is 1. The van der Waals surface area contributed by atoms with E-state index < -0.39 is 0 Å². The first kappa shape index (κ1) is 12.9. The maximum absolute atomic E-state index is 5.57. The number of ether oxygens (including phenoxy) is 2. The smallest absolute Gasteiger partial charge is 0.157 e. The minimum absolute atomic E-state index is 0.0233. The molecule has 0 bridgehead atoms. The van der Waals surface area contributed by atoms with Crippen molar-refractivity contribution in [3.05, 3.63) is 30.3 Å². The van der Waals surface area contributed by atoms with E-state index in [9.17, 15) is 0 Å². The van der Waals surface area contributed by atoms with Crippen molar-refractivity contribution in [2.75, 3.05) is 19.0 Å². The Morgan fingerprint density at radius 1 is 1.35 bits per heavy atom. The van der Waals surface area contributed by atoms with Crippen LogP contribution in [0.4, 0.5) is 0 Å². The molecule has 1 heterocycles. The molecule has 17 heavy (non-hydrogen) atoms. The van der Waals surface area contributed by atoms with Crippen molar-refractivity contribution in [1.29, 1.82) is 0 Å². The maximum atomic E-state index is 5.57. The van der Waals surface area contributed by atoms with Crippen molar-refractivity contribution in [1.82, 2.24) is 0 Å². The maximum Gasteiger partial charge on any atom is 0.157 e. The molecule has 0 amide bonds. The summed E-state index contributed by atoms with van der Waals surface area (Å²) in [6, 6.07) is 10.6. The van der Waals surface area contributed by atoms with Crippen LogP contribution in [0.15, 0.2) is 35.2 Å². The van der Waals surface area contributed by atoms with Crippen LogP contribution < -0.4 is 0 Å². The molecule has 94 valence electrons. The molecule has 2 atom stereocenters. The zero-order valence-electron chi connectivity index (χ0n) is 10.3. The molecule has 0 radical (unpaired) electrons. The highest BCUT2D eigenvalue weighted by molar-refractivity contribution is 7.99. The molecule has 1 aliphatic rings. The zero-order chi connectivity index (χ0) is 11.9. The minimum atomic E-state index is 0.0233. The molecule has 0 aliphatic carbocycles. The van der Waals surface area contributed by atoms with E-state index in [2.05, 4.69) is 30.3 Å². The average Bonchev–Trinajstić information content (AvgIpc) is 2.39. The van der Waals surface area contributed by atoms with E-state index in [0.717, 1.165) is 31.8 Å². The molecule has 0 saturated carbocycles. The Morgan fingerprint density at radius 3 is 2.94 bits per heavy atom. The number of rotatable bonds is 5. The van der Waals surface area contributed by atoms with Crippen LogP contribution >= 0.6 is 11.8 Å². The van der Waals surface area contributed by atoms with Gasteiger partial charge in [-0.1, -0.05) is 18.2 Å². The van der Waals surface area contributed by atoms with Crippen LogP contribution in [0.1, 0.15) is 19.8 Å². The monoisotopic (exact) mass is 252 g/mol. The molecule has 1 aliphatic heterocycles. The van der Waals surface area contributed by atoms with Gasteiger partial charge in [-0.2, -0.15) is 0 Å². The Kier molecular flexibility index (Phi) is 5.36.